The number of likely N-dealkylation sites (N-methyl/N-ethyl adjacent to an activating group) is 1. The lowest BCUT2D eigenvalue weighted by atomic mass is 9.91. The Morgan fingerprint density at radius 1 is 1.20 bits per heavy atom. The van der Waals surface area contributed by atoms with Gasteiger partial charge in [0.25, 0.3) is 0 Å². The molecule has 2 N–H and O–H groups in total. The van der Waals surface area contributed by atoms with E-state index in [0.29, 0.717) is 52.1 Å². The number of benzene rings is 2. The monoisotopic (exact) mass is 558 g/mol. The number of likely N-dealkylation sites (tertiary alicyclic amines) is 1. The lowest BCUT2D eigenvalue weighted by Crippen LogP contribution is -2.41. The number of aliphatic hydroxyl groups is 1. The van der Waals surface area contributed by atoms with E-state index in [1.54, 1.807) is 33.1 Å². The van der Waals surface area contributed by atoms with E-state index >= 15 is 4.39 Å². The Morgan fingerprint density at radius 3 is 2.55 bits per heavy atom. The van der Waals surface area contributed by atoms with E-state index in [2.05, 4.69) is 27.2 Å². The van der Waals surface area contributed by atoms with Gasteiger partial charge in [0.05, 0.1) is 24.2 Å². The normalized spacial score (nSPS) is 19.7. The number of anilines is 1. The van der Waals surface area contributed by atoms with Gasteiger partial charge in [0.2, 0.25) is 0 Å². The largest absolute Gasteiger partial charge is 0.493 e. The maximum Gasteiger partial charge on any atom is 0.303 e. The molecule has 5 rings (SSSR count). The second-order valence-corrected chi connectivity index (χ2v) is 11.9. The van der Waals surface area contributed by atoms with Crippen molar-refractivity contribution in [3.8, 4) is 11.5 Å². The molecule has 216 valence electrons. The van der Waals surface area contributed by atoms with Crippen LogP contribution >= 0.6 is 0 Å². The molecule has 2 atom stereocenters. The number of nitrogens with zero attached hydrogens (tertiary/aromatic N) is 3. The van der Waals surface area contributed by atoms with Crippen molar-refractivity contribution in [3.63, 3.8) is 0 Å². The van der Waals surface area contributed by atoms with Crippen LogP contribution in [0.2, 0.25) is 0 Å². The van der Waals surface area contributed by atoms with E-state index in [1.807, 2.05) is 0 Å². The van der Waals surface area contributed by atoms with Gasteiger partial charge in [0.1, 0.15) is 29.7 Å². The maximum atomic E-state index is 15.4. The van der Waals surface area contributed by atoms with Crippen LogP contribution in [0.5, 0.6) is 11.5 Å². The van der Waals surface area contributed by atoms with E-state index in [-0.39, 0.29) is 5.56 Å². The lowest BCUT2D eigenvalue weighted by Gasteiger charge is -2.30. The fraction of sp³-hybridized carbons (Fsp3) is 0.533. The molecule has 1 aromatic heterocycles. The molecule has 0 bridgehead atoms. The topological polar surface area (TPSA) is 79.7 Å². The second kappa shape index (κ2) is 10.1. The van der Waals surface area contributed by atoms with Crippen LogP contribution in [0.3, 0.4) is 0 Å². The van der Waals surface area contributed by atoms with Crippen molar-refractivity contribution in [1.29, 1.82) is 0 Å². The van der Waals surface area contributed by atoms with E-state index in [0.717, 1.165) is 32.9 Å². The minimum absolute atomic E-state index is 0.0223. The third-order valence-electron chi connectivity index (χ3n) is 8.31. The first kappa shape index (κ1) is 28.4. The first-order valence-electron chi connectivity index (χ1n) is 13.6. The van der Waals surface area contributed by atoms with Crippen LogP contribution in [0.1, 0.15) is 63.0 Å². The van der Waals surface area contributed by atoms with Crippen molar-refractivity contribution >= 4 is 16.7 Å². The van der Waals surface area contributed by atoms with Gasteiger partial charge in [-0.2, -0.15) is 8.78 Å². The summed E-state index contributed by atoms with van der Waals surface area (Å²) in [6, 6.07) is 6.96. The minimum Gasteiger partial charge on any atom is -0.493 e. The molecule has 0 amide bonds. The molecule has 40 heavy (non-hydrogen) atoms. The first-order chi connectivity index (χ1) is 18.7. The summed E-state index contributed by atoms with van der Waals surface area (Å²) in [5.41, 5.74) is -2.22. The van der Waals surface area contributed by atoms with E-state index in [1.165, 1.54) is 25.0 Å². The Bertz CT molecular complexity index is 1420. The molecule has 7 nitrogen and oxygen atoms in total. The molecule has 1 saturated heterocycles. The van der Waals surface area contributed by atoms with E-state index in [4.69, 9.17) is 9.47 Å². The highest BCUT2D eigenvalue weighted by molar-refractivity contribution is 5.92. The van der Waals surface area contributed by atoms with Crippen LogP contribution < -0.4 is 14.8 Å². The molecular formula is C30H37F3N4O3. The Kier molecular flexibility index (Phi) is 7.15. The highest BCUT2D eigenvalue weighted by atomic mass is 19.3. The molecule has 1 aliphatic carbocycles. The van der Waals surface area contributed by atoms with Crippen LogP contribution in [0, 0.1) is 18.2 Å². The Morgan fingerprint density at radius 2 is 1.93 bits per heavy atom. The van der Waals surface area contributed by atoms with Gasteiger partial charge in [0, 0.05) is 29.6 Å². The van der Waals surface area contributed by atoms with Crippen molar-refractivity contribution < 1.29 is 27.8 Å². The Labute approximate surface area is 232 Å². The molecule has 1 spiro atoms. The molecule has 0 unspecified atom stereocenters. The van der Waals surface area contributed by atoms with Crippen molar-refractivity contribution in [2.45, 2.75) is 70.6 Å². The predicted molar refractivity (Wildman–Crippen MR) is 148 cm³/mol. The molecule has 2 aromatic carbocycles. The number of halogens is 3. The Balaban J connectivity index is 1.45. The fourth-order valence-corrected chi connectivity index (χ4v) is 5.66. The van der Waals surface area contributed by atoms with Gasteiger partial charge in [-0.25, -0.2) is 14.4 Å². The van der Waals surface area contributed by atoms with Crippen LogP contribution in [-0.4, -0.2) is 58.9 Å². The van der Waals surface area contributed by atoms with Gasteiger partial charge in [-0.3, -0.25) is 4.90 Å². The Hall–Kier alpha value is -3.11. The third kappa shape index (κ3) is 5.19. The first-order valence-corrected chi connectivity index (χ1v) is 13.6. The summed E-state index contributed by atoms with van der Waals surface area (Å²) < 4.78 is 57.1. The molecule has 1 aliphatic heterocycles. The predicted octanol–water partition coefficient (Wildman–Crippen LogP) is 5.98. The number of aromatic nitrogens is 2. The molecule has 3 aromatic rings. The van der Waals surface area contributed by atoms with Gasteiger partial charge in [-0.05, 0) is 71.6 Å². The number of rotatable bonds is 9. The number of nitrogens with one attached hydrogen (secondary N) is 1. The second-order valence-electron chi connectivity index (χ2n) is 11.9. The van der Waals surface area contributed by atoms with Crippen LogP contribution in [-0.2, 0) is 5.92 Å². The molecule has 2 fully saturated rings. The number of hydrogen-bond acceptors (Lipinski definition) is 7. The summed E-state index contributed by atoms with van der Waals surface area (Å²) in [5.74, 6) is -2.90. The van der Waals surface area contributed by atoms with Crippen LogP contribution in [0.4, 0.5) is 19.0 Å². The molecule has 2 aliphatic rings. The number of methoxy groups -OCH3 is 1. The molecule has 10 heteroatoms. The average molecular weight is 559 g/mol. The van der Waals surface area contributed by atoms with Gasteiger partial charge in [-0.15, -0.1) is 0 Å². The van der Waals surface area contributed by atoms with Gasteiger partial charge < -0.3 is 19.9 Å². The SMILES string of the molecule is COc1cc2nc(C)nc(N[C@H](C)c3cccc(C(F)(F)C(C)(C)O)c3F)c2cc1OC[C@@H]1CC2(CC2)CN1C. The summed E-state index contributed by atoms with van der Waals surface area (Å²) in [7, 11) is 3.70. The number of alkyl halides is 2. The zero-order valence-corrected chi connectivity index (χ0v) is 23.8. The van der Waals surface area contributed by atoms with Gasteiger partial charge in [0.15, 0.2) is 11.5 Å². The van der Waals surface area contributed by atoms with Crippen molar-refractivity contribution in [2.24, 2.45) is 5.41 Å². The number of fused-ring (bicyclic) bond motifs is 1. The third-order valence-corrected chi connectivity index (χ3v) is 8.31. The summed E-state index contributed by atoms with van der Waals surface area (Å²) in [6.07, 6.45) is 3.66. The molecule has 2 heterocycles. The lowest BCUT2D eigenvalue weighted by molar-refractivity contribution is -0.170. The number of aryl methyl sites for hydroxylation is 1. The minimum atomic E-state index is -3.79. The molecular weight excluding hydrogens is 521 g/mol. The van der Waals surface area contributed by atoms with Crippen molar-refractivity contribution in [3.05, 3.63) is 53.1 Å². The zero-order chi connectivity index (χ0) is 29.0. The van der Waals surface area contributed by atoms with Crippen LogP contribution in [0.15, 0.2) is 30.3 Å². The van der Waals surface area contributed by atoms with Gasteiger partial charge in [-0.1, -0.05) is 12.1 Å². The summed E-state index contributed by atoms with van der Waals surface area (Å²) in [4.78, 5) is 11.4. The smallest absolute Gasteiger partial charge is 0.303 e. The van der Waals surface area contributed by atoms with Crippen molar-refractivity contribution in [1.82, 2.24) is 14.9 Å². The average Bonchev–Trinajstić information content (AvgIpc) is 3.55. The van der Waals surface area contributed by atoms with E-state index < -0.39 is 28.9 Å². The number of ether oxygens (including phenoxy) is 2. The zero-order valence-electron chi connectivity index (χ0n) is 23.8. The van der Waals surface area contributed by atoms with Crippen LogP contribution in [0.25, 0.3) is 10.9 Å². The quantitative estimate of drug-likeness (QED) is 0.334. The highest BCUT2D eigenvalue weighted by Gasteiger charge is 2.51. The van der Waals surface area contributed by atoms with Crippen molar-refractivity contribution in [2.75, 3.05) is 32.6 Å². The summed E-state index contributed by atoms with van der Waals surface area (Å²) >= 11 is 0. The molecule has 0 radical (unpaired) electrons. The maximum absolute atomic E-state index is 15.4. The fourth-order valence-electron chi connectivity index (χ4n) is 5.66. The van der Waals surface area contributed by atoms with E-state index in [9.17, 15) is 13.9 Å². The standard InChI is InChI=1S/C30H37F3N4O3/c1-17(20-8-7-9-22(26(20)31)30(32,33)28(3,4)38)34-27-21-12-25(24(39-6)13-23(21)35-18(2)36-27)40-15-19-14-29(10-11-29)16-37(19)5/h7-9,12-13,17,19,38H,10-11,14-16H2,1-6H3,(H,34,35,36)/t17-,19+/m1/s1. The summed E-state index contributed by atoms with van der Waals surface area (Å²) in [6.45, 7) is 6.92. The molecule has 1 saturated carbocycles. The van der Waals surface area contributed by atoms with Gasteiger partial charge >= 0.3 is 5.92 Å². The highest BCUT2D eigenvalue weighted by Crippen LogP contribution is 2.54. The number of hydrogen-bond donors (Lipinski definition) is 2. The summed E-state index contributed by atoms with van der Waals surface area (Å²) in [5, 5.41) is 13.8.